The number of aliphatic hydroxyl groups is 1. The molecule has 0 saturated carbocycles. The Labute approximate surface area is 122 Å². The highest BCUT2D eigenvalue weighted by atomic mass is 16.5. The second kappa shape index (κ2) is 6.90. The summed E-state index contributed by atoms with van der Waals surface area (Å²) in [6.45, 7) is 2.51. The number of aliphatic hydroxyl groups excluding tert-OH is 1. The molecule has 0 saturated heterocycles. The van der Waals surface area contributed by atoms with Crippen molar-refractivity contribution in [1.82, 2.24) is 9.55 Å². The number of benzene rings is 1. The van der Waals surface area contributed by atoms with Crippen molar-refractivity contribution in [2.75, 3.05) is 7.11 Å². The Bertz CT molecular complexity index is 667. The number of aryl methyl sites for hydroxylation is 1. The van der Waals surface area contributed by atoms with E-state index in [0.717, 1.165) is 6.42 Å². The first-order valence-corrected chi connectivity index (χ1v) is 6.70. The van der Waals surface area contributed by atoms with Gasteiger partial charge >= 0.3 is 5.56 Å². The molecule has 1 N–H and O–H groups in total. The molecule has 0 spiro atoms. The molecule has 1 aromatic carbocycles. The predicted octanol–water partition coefficient (Wildman–Crippen LogP) is 1.95. The molecule has 6 nitrogen and oxygen atoms in total. The Hall–Kier alpha value is -2.34. The summed E-state index contributed by atoms with van der Waals surface area (Å²) >= 11 is 0. The van der Waals surface area contributed by atoms with E-state index < -0.39 is 0 Å². The molecular formula is C15H18N2O4. The van der Waals surface area contributed by atoms with E-state index in [4.69, 9.17) is 14.6 Å². The van der Waals surface area contributed by atoms with Crippen LogP contribution in [-0.4, -0.2) is 21.8 Å². The molecule has 0 aliphatic carbocycles. The molecule has 0 unspecified atom stereocenters. The van der Waals surface area contributed by atoms with E-state index in [2.05, 4.69) is 4.98 Å². The van der Waals surface area contributed by atoms with Gasteiger partial charge in [0.2, 0.25) is 0 Å². The van der Waals surface area contributed by atoms with Crippen molar-refractivity contribution in [3.8, 4) is 17.4 Å². The second-order valence-corrected chi connectivity index (χ2v) is 4.48. The van der Waals surface area contributed by atoms with Crippen molar-refractivity contribution < 1.29 is 14.6 Å². The highest BCUT2D eigenvalue weighted by Gasteiger charge is 2.11. The summed E-state index contributed by atoms with van der Waals surface area (Å²) in [5.41, 5.74) is 0.413. The summed E-state index contributed by atoms with van der Waals surface area (Å²) in [4.78, 5) is 16.2. The first kappa shape index (κ1) is 15.1. The maximum atomic E-state index is 12.2. The molecule has 6 heteroatoms. The fourth-order valence-corrected chi connectivity index (χ4v) is 1.91. The van der Waals surface area contributed by atoms with Crippen LogP contribution in [0.15, 0.2) is 35.4 Å². The minimum atomic E-state index is -0.285. The standard InChI is InChI=1S/C15H18N2O4/c1-3-7-17-8-6-16-14(15(17)19)21-12-5-4-11(10-18)9-13(12)20-2/h4-6,8-9,18H,3,7,10H2,1-2H3. The Morgan fingerprint density at radius 1 is 1.33 bits per heavy atom. The van der Waals surface area contributed by atoms with Crippen LogP contribution in [0.2, 0.25) is 0 Å². The number of hydrogen-bond acceptors (Lipinski definition) is 5. The van der Waals surface area contributed by atoms with Gasteiger partial charge in [-0.3, -0.25) is 4.79 Å². The molecule has 2 rings (SSSR count). The van der Waals surface area contributed by atoms with E-state index in [9.17, 15) is 4.79 Å². The molecule has 112 valence electrons. The third kappa shape index (κ3) is 3.41. The van der Waals surface area contributed by atoms with Crippen LogP contribution in [-0.2, 0) is 13.2 Å². The van der Waals surface area contributed by atoms with Gasteiger partial charge in [0, 0.05) is 18.9 Å². The van der Waals surface area contributed by atoms with E-state index in [0.29, 0.717) is 23.6 Å². The summed E-state index contributed by atoms with van der Waals surface area (Å²) in [6, 6.07) is 5.00. The maximum Gasteiger partial charge on any atom is 0.313 e. The molecule has 2 aromatic rings. The number of ether oxygens (including phenoxy) is 2. The van der Waals surface area contributed by atoms with Gasteiger partial charge in [0.05, 0.1) is 13.7 Å². The van der Waals surface area contributed by atoms with E-state index in [1.807, 2.05) is 6.92 Å². The normalized spacial score (nSPS) is 10.4. The van der Waals surface area contributed by atoms with E-state index in [-0.39, 0.29) is 18.0 Å². The highest BCUT2D eigenvalue weighted by molar-refractivity contribution is 5.44. The first-order valence-electron chi connectivity index (χ1n) is 6.70. The maximum absolute atomic E-state index is 12.2. The molecular weight excluding hydrogens is 272 g/mol. The van der Waals surface area contributed by atoms with Crippen LogP contribution in [0.4, 0.5) is 0 Å². The largest absolute Gasteiger partial charge is 0.493 e. The van der Waals surface area contributed by atoms with Crippen LogP contribution in [0.5, 0.6) is 17.4 Å². The lowest BCUT2D eigenvalue weighted by molar-refractivity contribution is 0.280. The van der Waals surface area contributed by atoms with Crippen LogP contribution >= 0.6 is 0 Å². The lowest BCUT2D eigenvalue weighted by Crippen LogP contribution is -2.21. The van der Waals surface area contributed by atoms with Crippen LogP contribution in [0, 0.1) is 0 Å². The minimum Gasteiger partial charge on any atom is -0.493 e. The lowest BCUT2D eigenvalue weighted by Gasteiger charge is -2.11. The molecule has 21 heavy (non-hydrogen) atoms. The monoisotopic (exact) mass is 290 g/mol. The summed E-state index contributed by atoms with van der Waals surface area (Å²) < 4.78 is 12.3. The smallest absolute Gasteiger partial charge is 0.313 e. The Balaban J connectivity index is 2.34. The number of aromatic nitrogens is 2. The topological polar surface area (TPSA) is 73.6 Å². The SMILES string of the molecule is CCCn1ccnc(Oc2ccc(CO)cc2OC)c1=O. The van der Waals surface area contributed by atoms with E-state index >= 15 is 0 Å². The van der Waals surface area contributed by atoms with Gasteiger partial charge in [-0.15, -0.1) is 0 Å². The average Bonchev–Trinajstić information content (AvgIpc) is 2.51. The van der Waals surface area contributed by atoms with Crippen molar-refractivity contribution in [1.29, 1.82) is 0 Å². The Kier molecular flexibility index (Phi) is 4.94. The van der Waals surface area contributed by atoms with Crippen molar-refractivity contribution in [3.63, 3.8) is 0 Å². The molecule has 0 amide bonds. The summed E-state index contributed by atoms with van der Waals surface area (Å²) in [6.07, 6.45) is 4.00. The predicted molar refractivity (Wildman–Crippen MR) is 77.8 cm³/mol. The summed E-state index contributed by atoms with van der Waals surface area (Å²) in [5.74, 6) is 0.822. The number of rotatable bonds is 6. The molecule has 1 heterocycles. The van der Waals surface area contributed by atoms with Gasteiger partial charge in [0.1, 0.15) is 0 Å². The molecule has 0 aliphatic heterocycles. The zero-order chi connectivity index (χ0) is 15.2. The number of methoxy groups -OCH3 is 1. The molecule has 0 fully saturated rings. The van der Waals surface area contributed by atoms with Crippen LogP contribution in [0.25, 0.3) is 0 Å². The first-order chi connectivity index (χ1) is 10.2. The van der Waals surface area contributed by atoms with E-state index in [1.165, 1.54) is 13.3 Å². The third-order valence-electron chi connectivity index (χ3n) is 2.96. The van der Waals surface area contributed by atoms with Gasteiger partial charge in [-0.05, 0) is 24.1 Å². The van der Waals surface area contributed by atoms with Gasteiger partial charge in [-0.1, -0.05) is 13.0 Å². The van der Waals surface area contributed by atoms with Crippen molar-refractivity contribution in [2.45, 2.75) is 26.5 Å². The molecule has 0 bridgehead atoms. The molecule has 0 atom stereocenters. The van der Waals surface area contributed by atoms with Gasteiger partial charge < -0.3 is 19.1 Å². The van der Waals surface area contributed by atoms with Crippen molar-refractivity contribution in [3.05, 3.63) is 46.5 Å². The number of nitrogens with zero attached hydrogens (tertiary/aromatic N) is 2. The molecule has 1 aromatic heterocycles. The van der Waals surface area contributed by atoms with Crippen molar-refractivity contribution >= 4 is 0 Å². The zero-order valence-electron chi connectivity index (χ0n) is 12.1. The van der Waals surface area contributed by atoms with Crippen LogP contribution in [0.1, 0.15) is 18.9 Å². The van der Waals surface area contributed by atoms with Crippen LogP contribution in [0.3, 0.4) is 0 Å². The quantitative estimate of drug-likeness (QED) is 0.880. The third-order valence-corrected chi connectivity index (χ3v) is 2.96. The Morgan fingerprint density at radius 2 is 2.14 bits per heavy atom. The van der Waals surface area contributed by atoms with E-state index in [1.54, 1.807) is 29.0 Å². The fourth-order valence-electron chi connectivity index (χ4n) is 1.91. The molecule has 0 aliphatic rings. The highest BCUT2D eigenvalue weighted by Crippen LogP contribution is 2.30. The minimum absolute atomic E-state index is 0.000925. The fraction of sp³-hybridized carbons (Fsp3) is 0.333. The van der Waals surface area contributed by atoms with Gasteiger partial charge in [0.25, 0.3) is 5.88 Å². The summed E-state index contributed by atoms with van der Waals surface area (Å²) in [7, 11) is 1.50. The Morgan fingerprint density at radius 3 is 2.81 bits per heavy atom. The van der Waals surface area contributed by atoms with Gasteiger partial charge in [-0.2, -0.15) is 0 Å². The second-order valence-electron chi connectivity index (χ2n) is 4.48. The van der Waals surface area contributed by atoms with Gasteiger partial charge in [-0.25, -0.2) is 4.98 Å². The van der Waals surface area contributed by atoms with Gasteiger partial charge in [0.15, 0.2) is 11.5 Å². The number of hydrogen-bond donors (Lipinski definition) is 1. The van der Waals surface area contributed by atoms with Crippen molar-refractivity contribution in [2.24, 2.45) is 0 Å². The van der Waals surface area contributed by atoms with Crippen LogP contribution < -0.4 is 15.0 Å². The average molecular weight is 290 g/mol. The zero-order valence-corrected chi connectivity index (χ0v) is 12.1. The molecule has 0 radical (unpaired) electrons. The summed E-state index contributed by atoms with van der Waals surface area (Å²) in [5, 5.41) is 9.12. The lowest BCUT2D eigenvalue weighted by atomic mass is 10.2.